The van der Waals surface area contributed by atoms with Crippen molar-refractivity contribution in [1.82, 2.24) is 0 Å². The van der Waals surface area contributed by atoms with Crippen LogP contribution in [0.15, 0.2) is 32.8 Å². The largest absolute Gasteiger partial charge is 0.145 e. The molecule has 70 valence electrons. The van der Waals surface area contributed by atoms with Crippen molar-refractivity contribution in [3.63, 3.8) is 0 Å². The summed E-state index contributed by atoms with van der Waals surface area (Å²) in [6.07, 6.45) is 0. The first-order valence-electron chi connectivity index (χ1n) is 3.28. The Kier molecular flexibility index (Phi) is 2.79. The minimum absolute atomic E-state index is 0.359. The van der Waals surface area contributed by atoms with E-state index in [0.29, 0.717) is 0 Å². The summed E-state index contributed by atoms with van der Waals surface area (Å²) in [5.41, 5.74) is -1.44. The van der Waals surface area contributed by atoms with Crippen molar-refractivity contribution in [3.8, 4) is 0 Å². The minimum atomic E-state index is -0.359. The molecule has 14 heavy (non-hydrogen) atoms. The van der Waals surface area contributed by atoms with Crippen LogP contribution in [0.3, 0.4) is 0 Å². The third-order valence-corrected chi connectivity index (χ3v) is 1.47. The van der Waals surface area contributed by atoms with E-state index in [9.17, 15) is 19.6 Å². The molecule has 0 bridgehead atoms. The number of hydrogen-bond donors (Lipinski definition) is 0. The van der Waals surface area contributed by atoms with Gasteiger partial charge in [-0.25, -0.2) is 0 Å². The molecule has 1 aromatic carbocycles. The maximum absolute atomic E-state index is 10.2. The Morgan fingerprint density at radius 1 is 0.571 bits per heavy atom. The van der Waals surface area contributed by atoms with Gasteiger partial charge in [-0.3, -0.25) is 0 Å². The van der Waals surface area contributed by atoms with E-state index in [1.54, 1.807) is 0 Å². The van der Waals surface area contributed by atoms with Crippen LogP contribution in [0.4, 0.5) is 22.7 Å². The monoisotopic (exact) mass is 194 g/mol. The second-order valence-corrected chi connectivity index (χ2v) is 2.19. The van der Waals surface area contributed by atoms with Gasteiger partial charge >= 0.3 is 0 Å². The highest BCUT2D eigenvalue weighted by Crippen LogP contribution is 2.39. The molecule has 0 heterocycles. The Morgan fingerprint density at radius 3 is 0.929 bits per heavy atom. The molecule has 0 aliphatic rings. The van der Waals surface area contributed by atoms with E-state index >= 15 is 0 Å². The number of benzene rings is 1. The Hall–Kier alpha value is -2.38. The predicted octanol–water partition coefficient (Wildman–Crippen LogP) is 3.28. The predicted molar refractivity (Wildman–Crippen MR) is 48.3 cm³/mol. The van der Waals surface area contributed by atoms with Crippen molar-refractivity contribution >= 4 is 22.7 Å². The fourth-order valence-electron chi connectivity index (χ4n) is 0.847. The van der Waals surface area contributed by atoms with Crippen molar-refractivity contribution in [2.24, 2.45) is 20.7 Å². The Morgan fingerprint density at radius 2 is 0.786 bits per heavy atom. The van der Waals surface area contributed by atoms with E-state index in [1.807, 2.05) is 0 Å². The van der Waals surface area contributed by atoms with Crippen LogP contribution >= 0.6 is 0 Å². The molecule has 0 amide bonds. The van der Waals surface area contributed by atoms with E-state index < -0.39 is 0 Å². The van der Waals surface area contributed by atoms with E-state index in [2.05, 4.69) is 20.7 Å². The van der Waals surface area contributed by atoms with E-state index in [0.717, 1.165) is 12.1 Å². The van der Waals surface area contributed by atoms with Crippen LogP contribution in [0.25, 0.3) is 0 Å². The molecule has 0 aliphatic carbocycles. The number of rotatable bonds is 4. The van der Waals surface area contributed by atoms with Gasteiger partial charge < -0.3 is 0 Å². The van der Waals surface area contributed by atoms with Gasteiger partial charge in [0, 0.05) is 12.1 Å². The molecule has 0 fully saturated rings. The van der Waals surface area contributed by atoms with E-state index in [-0.39, 0.29) is 22.7 Å². The zero-order chi connectivity index (χ0) is 10.6. The zero-order valence-corrected chi connectivity index (χ0v) is 6.58. The summed E-state index contributed by atoms with van der Waals surface area (Å²) < 4.78 is 0. The van der Waals surface area contributed by atoms with Crippen LogP contribution in [0.2, 0.25) is 0 Å². The highest BCUT2D eigenvalue weighted by atomic mass is 16.3. The summed E-state index contributed by atoms with van der Waals surface area (Å²) in [7, 11) is 0. The molecule has 0 N–H and O–H groups in total. The summed E-state index contributed by atoms with van der Waals surface area (Å²) in [6.45, 7) is 0. The first-order chi connectivity index (χ1) is 6.76. The molecular weight excluding hydrogens is 192 g/mol. The van der Waals surface area contributed by atoms with Crippen LogP contribution in [0.5, 0.6) is 0 Å². The Bertz CT molecular complexity index is 342. The van der Waals surface area contributed by atoms with E-state index in [4.69, 9.17) is 0 Å². The van der Waals surface area contributed by atoms with Crippen LogP contribution in [-0.4, -0.2) is 0 Å². The van der Waals surface area contributed by atoms with Crippen molar-refractivity contribution in [2.75, 3.05) is 0 Å². The normalized spacial score (nSPS) is 9.14. The summed E-state index contributed by atoms with van der Waals surface area (Å²) in [5, 5.41) is 9.76. The first-order valence-corrected chi connectivity index (χ1v) is 3.28. The van der Waals surface area contributed by atoms with Crippen LogP contribution in [-0.2, 0) is 0 Å². The smallest absolute Gasteiger partial charge is 0.139 e. The lowest BCUT2D eigenvalue weighted by molar-refractivity contribution is 1.36. The molecular formula is C6H2N4O4. The minimum Gasteiger partial charge on any atom is -0.145 e. The summed E-state index contributed by atoms with van der Waals surface area (Å²) in [4.78, 5) is 40.6. The average Bonchev–Trinajstić information content (AvgIpc) is 2.26. The molecule has 8 nitrogen and oxygen atoms in total. The first kappa shape index (κ1) is 9.71. The highest BCUT2D eigenvalue weighted by Gasteiger charge is 2.12. The van der Waals surface area contributed by atoms with Gasteiger partial charge in [-0.1, -0.05) is 0 Å². The summed E-state index contributed by atoms with van der Waals surface area (Å²) in [5.74, 6) is 0. The van der Waals surface area contributed by atoms with Crippen molar-refractivity contribution in [3.05, 3.63) is 31.8 Å². The fourth-order valence-corrected chi connectivity index (χ4v) is 0.847. The third-order valence-electron chi connectivity index (χ3n) is 1.47. The van der Waals surface area contributed by atoms with Gasteiger partial charge in [0.05, 0.1) is 0 Å². The van der Waals surface area contributed by atoms with Crippen LogP contribution in [0, 0.1) is 19.6 Å². The third kappa shape index (κ3) is 1.53. The lowest BCUT2D eigenvalue weighted by atomic mass is 10.2. The van der Waals surface area contributed by atoms with Crippen LogP contribution in [0.1, 0.15) is 0 Å². The molecule has 0 aromatic heterocycles. The van der Waals surface area contributed by atoms with Gasteiger partial charge in [0.1, 0.15) is 22.7 Å². The number of nitroso groups, excluding NO2 is 4. The second-order valence-electron chi connectivity index (χ2n) is 2.19. The average molecular weight is 194 g/mol. The molecule has 0 spiro atoms. The molecule has 0 radical (unpaired) electrons. The van der Waals surface area contributed by atoms with Gasteiger partial charge in [0.15, 0.2) is 0 Å². The highest BCUT2D eigenvalue weighted by molar-refractivity contribution is 5.76. The molecule has 0 saturated heterocycles. The van der Waals surface area contributed by atoms with Crippen molar-refractivity contribution < 1.29 is 0 Å². The molecule has 0 unspecified atom stereocenters. The number of hydrogen-bond acceptors (Lipinski definition) is 8. The van der Waals surface area contributed by atoms with Crippen molar-refractivity contribution in [1.29, 1.82) is 0 Å². The summed E-state index contributed by atoms with van der Waals surface area (Å²) >= 11 is 0. The van der Waals surface area contributed by atoms with Gasteiger partial charge in [0.2, 0.25) is 0 Å². The molecule has 0 saturated carbocycles. The molecule has 0 atom stereocenters. The standard InChI is InChI=1S/C6H2N4O4/c11-7-3-1-4(8-12)6(10-14)2-5(3)9-13/h1-2H. The number of nitrogens with zero attached hydrogens (tertiary/aromatic N) is 4. The lowest BCUT2D eigenvalue weighted by Gasteiger charge is -1.96. The SMILES string of the molecule is O=Nc1cc(N=O)c(N=O)cc1N=O. The molecule has 0 aliphatic heterocycles. The van der Waals surface area contributed by atoms with Gasteiger partial charge in [-0.05, 0) is 20.7 Å². The topological polar surface area (TPSA) is 118 Å². The molecule has 1 rings (SSSR count). The lowest BCUT2D eigenvalue weighted by Crippen LogP contribution is -1.70. The van der Waals surface area contributed by atoms with Gasteiger partial charge in [-0.15, -0.1) is 19.6 Å². The van der Waals surface area contributed by atoms with Gasteiger partial charge in [-0.2, -0.15) is 0 Å². The quantitative estimate of drug-likeness (QED) is 0.683. The van der Waals surface area contributed by atoms with E-state index in [1.165, 1.54) is 0 Å². The van der Waals surface area contributed by atoms with Gasteiger partial charge in [0.25, 0.3) is 0 Å². The summed E-state index contributed by atoms with van der Waals surface area (Å²) in [6, 6.07) is 1.74. The zero-order valence-electron chi connectivity index (χ0n) is 6.58. The second kappa shape index (κ2) is 4.03. The Balaban J connectivity index is 3.49. The molecule has 8 heteroatoms. The maximum atomic E-state index is 10.2. The van der Waals surface area contributed by atoms with Crippen LogP contribution < -0.4 is 0 Å². The fraction of sp³-hybridized carbons (Fsp3) is 0. The van der Waals surface area contributed by atoms with Crippen molar-refractivity contribution in [2.45, 2.75) is 0 Å². The maximum Gasteiger partial charge on any atom is 0.139 e. The Labute approximate surface area is 76.2 Å². The molecule has 1 aromatic rings.